The second-order valence-electron chi connectivity index (χ2n) is 9.45. The zero-order valence-corrected chi connectivity index (χ0v) is 20.6. The van der Waals surface area contributed by atoms with E-state index >= 15 is 0 Å². The van der Waals surface area contributed by atoms with Crippen molar-refractivity contribution in [1.29, 1.82) is 0 Å². The average Bonchev–Trinajstić information content (AvgIpc) is 3.60. The zero-order valence-electron chi connectivity index (χ0n) is 19.8. The number of ether oxygens (including phenoxy) is 2. The van der Waals surface area contributed by atoms with Gasteiger partial charge in [0.05, 0.1) is 0 Å². The van der Waals surface area contributed by atoms with Crippen molar-refractivity contribution in [3.8, 4) is 0 Å². The molecule has 1 saturated heterocycles. The van der Waals surface area contributed by atoms with Crippen molar-refractivity contribution in [3.05, 3.63) is 35.9 Å². The SMILES string of the molecule is CCCC(CCNC(=O)OCc1ccccc1)[C@H]1C[C@H]1CCOCC1CCN(S(=O)O)CC1. The predicted octanol–water partition coefficient (Wildman–Crippen LogP) is 4.61. The Kier molecular flexibility index (Phi) is 11.1. The second kappa shape index (κ2) is 14.0. The van der Waals surface area contributed by atoms with E-state index in [-0.39, 0.29) is 6.09 Å². The van der Waals surface area contributed by atoms with Gasteiger partial charge in [0, 0.05) is 32.8 Å². The lowest BCUT2D eigenvalue weighted by atomic mass is 9.92. The third-order valence-corrected chi connectivity index (χ3v) is 7.83. The fourth-order valence-electron chi connectivity index (χ4n) is 4.97. The fourth-order valence-corrected chi connectivity index (χ4v) is 5.50. The Hall–Kier alpha value is -1.48. The van der Waals surface area contributed by atoms with E-state index < -0.39 is 11.3 Å². The van der Waals surface area contributed by atoms with Gasteiger partial charge in [-0.1, -0.05) is 50.1 Å². The number of amides is 1. The standard InChI is InChI=1S/C25H40N2O5S/c1-2-6-22(9-13-26-25(28)32-19-20-7-4-3-5-8-20)24-17-23(24)12-16-31-18-21-10-14-27(15-11-21)33(29)30/h3-5,7-8,21-24H,2,6,9-19H2,1H3,(H,26,28)(H,29,30)/t22?,23-,24-/m1/s1. The van der Waals surface area contributed by atoms with Crippen LogP contribution < -0.4 is 5.32 Å². The summed E-state index contributed by atoms with van der Waals surface area (Å²) in [5, 5.41) is 2.91. The van der Waals surface area contributed by atoms with E-state index in [4.69, 9.17) is 14.0 Å². The molecule has 1 saturated carbocycles. The first kappa shape index (κ1) is 26.1. The van der Waals surface area contributed by atoms with E-state index in [1.807, 2.05) is 30.3 Å². The molecule has 2 fully saturated rings. The van der Waals surface area contributed by atoms with Crippen molar-refractivity contribution in [2.75, 3.05) is 32.8 Å². The minimum absolute atomic E-state index is 0.301. The summed E-state index contributed by atoms with van der Waals surface area (Å²) in [6.45, 7) is 6.10. The van der Waals surface area contributed by atoms with E-state index in [0.29, 0.717) is 38.1 Å². The van der Waals surface area contributed by atoms with Crippen LogP contribution in [0.25, 0.3) is 0 Å². The number of carbonyl (C=O) groups is 1. The lowest BCUT2D eigenvalue weighted by molar-refractivity contribution is 0.0744. The number of benzene rings is 1. The molecule has 3 rings (SSSR count). The van der Waals surface area contributed by atoms with Gasteiger partial charge in [0.1, 0.15) is 6.61 Å². The maximum atomic E-state index is 12.0. The molecule has 2 unspecified atom stereocenters. The minimum atomic E-state index is -1.84. The summed E-state index contributed by atoms with van der Waals surface area (Å²) in [6, 6.07) is 9.72. The quantitative estimate of drug-likeness (QED) is 0.300. The first-order valence-corrected chi connectivity index (χ1v) is 13.5. The van der Waals surface area contributed by atoms with Gasteiger partial charge >= 0.3 is 6.09 Å². The third-order valence-electron chi connectivity index (χ3n) is 7.02. The molecule has 1 aliphatic heterocycles. The molecule has 1 heterocycles. The number of nitrogens with zero attached hydrogens (tertiary/aromatic N) is 1. The van der Waals surface area contributed by atoms with Crippen LogP contribution in [-0.2, 0) is 27.3 Å². The molecule has 1 aromatic rings. The van der Waals surface area contributed by atoms with Crippen LogP contribution in [0.1, 0.15) is 57.4 Å². The summed E-state index contributed by atoms with van der Waals surface area (Å²) in [5.41, 5.74) is 0.992. The highest BCUT2D eigenvalue weighted by atomic mass is 32.2. The zero-order chi connectivity index (χ0) is 23.5. The Balaban J connectivity index is 1.24. The highest BCUT2D eigenvalue weighted by Crippen LogP contribution is 2.49. The van der Waals surface area contributed by atoms with Gasteiger partial charge in [-0.2, -0.15) is 0 Å². The molecular weight excluding hydrogens is 440 g/mol. The molecule has 8 heteroatoms. The third kappa shape index (κ3) is 9.35. The second-order valence-corrected chi connectivity index (χ2v) is 10.4. The Morgan fingerprint density at radius 3 is 2.70 bits per heavy atom. The fraction of sp³-hybridized carbons (Fsp3) is 0.720. The van der Waals surface area contributed by atoms with Crippen molar-refractivity contribution in [3.63, 3.8) is 0 Å². The molecule has 2 N–H and O–H groups in total. The Morgan fingerprint density at radius 2 is 2.00 bits per heavy atom. The summed E-state index contributed by atoms with van der Waals surface area (Å²) in [7, 11) is 0. The highest BCUT2D eigenvalue weighted by molar-refractivity contribution is 7.76. The lowest BCUT2D eigenvalue weighted by Crippen LogP contribution is -2.36. The Labute approximate surface area is 201 Å². The summed E-state index contributed by atoms with van der Waals surface area (Å²) in [6.07, 6.45) is 7.26. The molecule has 1 aliphatic carbocycles. The predicted molar refractivity (Wildman–Crippen MR) is 130 cm³/mol. The lowest BCUT2D eigenvalue weighted by Gasteiger charge is -2.28. The Bertz CT molecular complexity index is 727. The molecule has 7 nitrogen and oxygen atoms in total. The summed E-state index contributed by atoms with van der Waals surface area (Å²) >= 11 is -1.84. The van der Waals surface area contributed by atoms with E-state index in [2.05, 4.69) is 12.2 Å². The molecule has 0 spiro atoms. The van der Waals surface area contributed by atoms with Crippen LogP contribution in [-0.4, -0.2) is 52.0 Å². The number of carbonyl (C=O) groups excluding carboxylic acids is 1. The van der Waals surface area contributed by atoms with Gasteiger partial charge in [-0.05, 0) is 61.3 Å². The average molecular weight is 481 g/mol. The van der Waals surface area contributed by atoms with E-state index in [1.54, 1.807) is 4.31 Å². The molecule has 4 atom stereocenters. The molecule has 0 aromatic heterocycles. The molecule has 1 aromatic carbocycles. The number of hydrogen-bond acceptors (Lipinski definition) is 4. The van der Waals surface area contributed by atoms with Crippen molar-refractivity contribution in [2.24, 2.45) is 23.7 Å². The molecule has 0 radical (unpaired) electrons. The number of alkyl carbamates (subject to hydrolysis) is 1. The van der Waals surface area contributed by atoms with Crippen molar-refractivity contribution >= 4 is 17.4 Å². The van der Waals surface area contributed by atoms with Gasteiger partial charge in [0.2, 0.25) is 11.3 Å². The molecule has 1 amide bonds. The van der Waals surface area contributed by atoms with E-state index in [9.17, 15) is 9.00 Å². The van der Waals surface area contributed by atoms with Gasteiger partial charge in [0.15, 0.2) is 0 Å². The van der Waals surface area contributed by atoms with Crippen molar-refractivity contribution in [2.45, 2.75) is 58.5 Å². The maximum Gasteiger partial charge on any atom is 0.407 e. The largest absolute Gasteiger partial charge is 0.445 e. The molecule has 33 heavy (non-hydrogen) atoms. The molecule has 2 aliphatic rings. The molecule has 186 valence electrons. The number of nitrogens with one attached hydrogen (secondary N) is 1. The van der Waals surface area contributed by atoms with Crippen LogP contribution in [0.15, 0.2) is 30.3 Å². The van der Waals surface area contributed by atoms with Gasteiger partial charge in [-0.3, -0.25) is 4.55 Å². The topological polar surface area (TPSA) is 88.1 Å². The molecule has 0 bridgehead atoms. The van der Waals surface area contributed by atoms with Crippen LogP contribution in [0, 0.1) is 23.7 Å². The van der Waals surface area contributed by atoms with Crippen LogP contribution >= 0.6 is 0 Å². The number of hydrogen-bond donors (Lipinski definition) is 2. The van der Waals surface area contributed by atoms with Gasteiger partial charge < -0.3 is 14.8 Å². The first-order valence-electron chi connectivity index (χ1n) is 12.4. The molecular formula is C25H40N2O5S. The van der Waals surface area contributed by atoms with Crippen molar-refractivity contribution in [1.82, 2.24) is 9.62 Å². The van der Waals surface area contributed by atoms with Crippen LogP contribution in [0.4, 0.5) is 4.79 Å². The Morgan fingerprint density at radius 1 is 1.24 bits per heavy atom. The van der Waals surface area contributed by atoms with Crippen molar-refractivity contribution < 1.29 is 23.0 Å². The summed E-state index contributed by atoms with van der Waals surface area (Å²) in [5.74, 6) is 2.64. The number of piperidine rings is 1. The van der Waals surface area contributed by atoms with Crippen LogP contribution in [0.5, 0.6) is 0 Å². The minimum Gasteiger partial charge on any atom is -0.445 e. The first-order chi connectivity index (χ1) is 16.1. The number of rotatable bonds is 14. The monoisotopic (exact) mass is 480 g/mol. The summed E-state index contributed by atoms with van der Waals surface area (Å²) < 4.78 is 33.1. The van der Waals surface area contributed by atoms with Gasteiger partial charge in [-0.25, -0.2) is 13.3 Å². The van der Waals surface area contributed by atoms with E-state index in [0.717, 1.165) is 56.3 Å². The van der Waals surface area contributed by atoms with Crippen LogP contribution in [0.3, 0.4) is 0 Å². The summed E-state index contributed by atoms with van der Waals surface area (Å²) in [4.78, 5) is 12.0. The normalized spacial score (nSPS) is 23.1. The van der Waals surface area contributed by atoms with Gasteiger partial charge in [0.25, 0.3) is 0 Å². The van der Waals surface area contributed by atoms with E-state index in [1.165, 1.54) is 19.3 Å². The smallest absolute Gasteiger partial charge is 0.407 e. The van der Waals surface area contributed by atoms with Gasteiger partial charge in [-0.15, -0.1) is 0 Å². The highest BCUT2D eigenvalue weighted by Gasteiger charge is 2.41. The van der Waals surface area contributed by atoms with Crippen LogP contribution in [0.2, 0.25) is 0 Å². The maximum absolute atomic E-state index is 12.0.